The lowest BCUT2D eigenvalue weighted by atomic mass is 10.2. The topological polar surface area (TPSA) is 84.4 Å². The Morgan fingerprint density at radius 1 is 1.23 bits per heavy atom. The van der Waals surface area contributed by atoms with Crippen LogP contribution in [0.1, 0.15) is 40.0 Å². The summed E-state index contributed by atoms with van der Waals surface area (Å²) >= 11 is 0. The molecule has 0 spiro atoms. The number of hydrogen-bond donors (Lipinski definition) is 2. The minimum absolute atomic E-state index is 0.0811. The van der Waals surface area contributed by atoms with Crippen molar-refractivity contribution in [1.29, 1.82) is 0 Å². The van der Waals surface area contributed by atoms with Crippen LogP contribution in [-0.4, -0.2) is 82.2 Å². The molecule has 8 nitrogen and oxygen atoms in total. The van der Waals surface area contributed by atoms with Crippen LogP contribution in [0.4, 0.5) is 4.79 Å². The monoisotopic (exact) mass is 372 g/mol. The highest BCUT2D eigenvalue weighted by Gasteiger charge is 2.27. The maximum absolute atomic E-state index is 11.9. The smallest absolute Gasteiger partial charge is 0.407 e. The van der Waals surface area contributed by atoms with Gasteiger partial charge in [-0.25, -0.2) is 4.79 Å². The zero-order valence-electron chi connectivity index (χ0n) is 17.0. The van der Waals surface area contributed by atoms with Gasteiger partial charge in [-0.15, -0.1) is 0 Å². The average Bonchev–Trinajstić information content (AvgIpc) is 2.99. The standard InChI is InChI=1S/C18H36N4O4/c1-18(2,3)26-17(23)21-15-8-10-22(14-15)16(19-4)20-9-6-7-11-25-13-12-24-5/h15H,6-14H2,1-5H3,(H,19,20)(H,21,23). The molecule has 1 aliphatic heterocycles. The van der Waals surface area contributed by atoms with Gasteiger partial charge in [-0.3, -0.25) is 4.99 Å². The van der Waals surface area contributed by atoms with Crippen molar-refractivity contribution in [2.75, 3.05) is 53.6 Å². The molecule has 0 saturated carbocycles. The molecule has 0 radical (unpaired) electrons. The first kappa shape index (κ1) is 22.5. The number of nitrogens with one attached hydrogen (secondary N) is 2. The molecule has 1 rings (SSSR count). The second kappa shape index (κ2) is 12.0. The molecule has 1 fully saturated rings. The fourth-order valence-corrected chi connectivity index (χ4v) is 2.65. The average molecular weight is 373 g/mol. The molecule has 26 heavy (non-hydrogen) atoms. The van der Waals surface area contributed by atoms with Gasteiger partial charge in [-0.1, -0.05) is 0 Å². The number of unbranched alkanes of at least 4 members (excludes halogenated alkanes) is 1. The first-order valence-corrected chi connectivity index (χ1v) is 9.37. The van der Waals surface area contributed by atoms with E-state index in [0.717, 1.165) is 51.5 Å². The molecule has 1 amide bonds. The van der Waals surface area contributed by atoms with Gasteiger partial charge in [0.05, 0.1) is 19.3 Å². The fourth-order valence-electron chi connectivity index (χ4n) is 2.65. The zero-order valence-corrected chi connectivity index (χ0v) is 17.0. The second-order valence-corrected chi connectivity index (χ2v) is 7.36. The number of rotatable bonds is 9. The summed E-state index contributed by atoms with van der Waals surface area (Å²) in [5.41, 5.74) is -0.479. The molecule has 0 bridgehead atoms. The highest BCUT2D eigenvalue weighted by atomic mass is 16.6. The number of carbonyl (C=O) groups excluding carboxylic acids is 1. The van der Waals surface area contributed by atoms with Gasteiger partial charge in [0.25, 0.3) is 0 Å². The van der Waals surface area contributed by atoms with Gasteiger partial charge in [-0.05, 0) is 40.0 Å². The number of aliphatic imine (C=N–C) groups is 1. The molecule has 1 saturated heterocycles. The van der Waals surface area contributed by atoms with Gasteiger partial charge in [-0.2, -0.15) is 0 Å². The Labute approximate surface area is 157 Å². The van der Waals surface area contributed by atoms with Crippen LogP contribution in [-0.2, 0) is 14.2 Å². The number of alkyl carbamates (subject to hydrolysis) is 1. The van der Waals surface area contributed by atoms with Crippen LogP contribution in [0.3, 0.4) is 0 Å². The summed E-state index contributed by atoms with van der Waals surface area (Å²) in [6.07, 6.45) is 2.53. The molecule has 1 aliphatic rings. The van der Waals surface area contributed by atoms with Crippen molar-refractivity contribution in [3.05, 3.63) is 0 Å². The molecule has 0 aromatic carbocycles. The van der Waals surface area contributed by atoms with Gasteiger partial charge in [0, 0.05) is 40.4 Å². The number of ether oxygens (including phenoxy) is 3. The van der Waals surface area contributed by atoms with E-state index in [0.29, 0.717) is 13.2 Å². The fraction of sp³-hybridized carbons (Fsp3) is 0.889. The number of methoxy groups -OCH3 is 1. The third kappa shape index (κ3) is 9.82. The Bertz CT molecular complexity index is 437. The van der Waals surface area contributed by atoms with Crippen molar-refractivity contribution >= 4 is 12.1 Å². The Morgan fingerprint density at radius 2 is 2.00 bits per heavy atom. The molecule has 0 aromatic heterocycles. The number of carbonyl (C=O) groups is 1. The predicted octanol–water partition coefficient (Wildman–Crippen LogP) is 1.60. The first-order valence-electron chi connectivity index (χ1n) is 9.37. The number of amides is 1. The Kier molecular flexibility index (Phi) is 10.3. The van der Waals surface area contributed by atoms with E-state index < -0.39 is 5.60 Å². The third-order valence-electron chi connectivity index (χ3n) is 3.85. The summed E-state index contributed by atoms with van der Waals surface area (Å²) in [5, 5.41) is 6.31. The molecule has 8 heteroatoms. The molecule has 1 unspecified atom stereocenters. The highest BCUT2D eigenvalue weighted by molar-refractivity contribution is 5.80. The van der Waals surface area contributed by atoms with Crippen molar-refractivity contribution in [1.82, 2.24) is 15.5 Å². The van der Waals surface area contributed by atoms with Crippen LogP contribution in [0.25, 0.3) is 0 Å². The van der Waals surface area contributed by atoms with Crippen LogP contribution in [0.5, 0.6) is 0 Å². The van der Waals surface area contributed by atoms with Gasteiger partial charge >= 0.3 is 6.09 Å². The molecular formula is C18H36N4O4. The van der Waals surface area contributed by atoms with Crippen molar-refractivity contribution in [3.8, 4) is 0 Å². The number of likely N-dealkylation sites (tertiary alicyclic amines) is 1. The van der Waals surface area contributed by atoms with E-state index in [1.54, 1.807) is 14.2 Å². The molecule has 152 valence electrons. The summed E-state index contributed by atoms with van der Waals surface area (Å²) in [7, 11) is 3.45. The number of hydrogen-bond acceptors (Lipinski definition) is 5. The summed E-state index contributed by atoms with van der Waals surface area (Å²) in [6, 6.07) is 0.0811. The third-order valence-corrected chi connectivity index (χ3v) is 3.85. The number of guanidine groups is 1. The Morgan fingerprint density at radius 3 is 2.65 bits per heavy atom. The van der Waals surface area contributed by atoms with E-state index in [-0.39, 0.29) is 12.1 Å². The lowest BCUT2D eigenvalue weighted by Gasteiger charge is -2.23. The summed E-state index contributed by atoms with van der Waals surface area (Å²) in [4.78, 5) is 18.4. The quantitative estimate of drug-likeness (QED) is 0.363. The molecule has 2 N–H and O–H groups in total. The van der Waals surface area contributed by atoms with E-state index in [4.69, 9.17) is 14.2 Å². The zero-order chi connectivity index (χ0) is 19.4. The van der Waals surface area contributed by atoms with Crippen molar-refractivity contribution in [3.63, 3.8) is 0 Å². The minimum Gasteiger partial charge on any atom is -0.444 e. The second-order valence-electron chi connectivity index (χ2n) is 7.36. The lowest BCUT2D eigenvalue weighted by Crippen LogP contribution is -2.44. The maximum Gasteiger partial charge on any atom is 0.407 e. The van der Waals surface area contributed by atoms with Gasteiger partial charge in [0.15, 0.2) is 5.96 Å². The summed E-state index contributed by atoms with van der Waals surface area (Å²) in [5.74, 6) is 0.874. The number of nitrogens with zero attached hydrogens (tertiary/aromatic N) is 2. The van der Waals surface area contributed by atoms with Crippen LogP contribution >= 0.6 is 0 Å². The predicted molar refractivity (Wildman–Crippen MR) is 103 cm³/mol. The molecule has 0 aliphatic carbocycles. The Hall–Kier alpha value is -1.54. The summed E-state index contributed by atoms with van der Waals surface area (Å²) in [6.45, 7) is 10.1. The molecular weight excluding hydrogens is 336 g/mol. The van der Waals surface area contributed by atoms with Crippen LogP contribution in [0.2, 0.25) is 0 Å². The molecule has 1 heterocycles. The SMILES string of the molecule is CN=C(NCCCCOCCOC)N1CCC(NC(=O)OC(C)(C)C)C1. The van der Waals surface area contributed by atoms with Crippen LogP contribution < -0.4 is 10.6 Å². The van der Waals surface area contributed by atoms with E-state index in [9.17, 15) is 4.79 Å². The van der Waals surface area contributed by atoms with Gasteiger partial charge in [0.1, 0.15) is 5.60 Å². The molecule has 0 aromatic rings. The van der Waals surface area contributed by atoms with E-state index in [1.165, 1.54) is 0 Å². The van der Waals surface area contributed by atoms with E-state index in [2.05, 4.69) is 20.5 Å². The highest BCUT2D eigenvalue weighted by Crippen LogP contribution is 2.12. The maximum atomic E-state index is 11.9. The van der Waals surface area contributed by atoms with Crippen molar-refractivity contribution in [2.24, 2.45) is 4.99 Å². The largest absolute Gasteiger partial charge is 0.444 e. The van der Waals surface area contributed by atoms with E-state index in [1.807, 2.05) is 20.8 Å². The minimum atomic E-state index is -0.479. The van der Waals surface area contributed by atoms with Crippen LogP contribution in [0.15, 0.2) is 4.99 Å². The normalized spacial score (nSPS) is 18.1. The van der Waals surface area contributed by atoms with E-state index >= 15 is 0 Å². The van der Waals surface area contributed by atoms with Gasteiger partial charge < -0.3 is 29.7 Å². The van der Waals surface area contributed by atoms with Crippen molar-refractivity contribution in [2.45, 2.75) is 51.7 Å². The van der Waals surface area contributed by atoms with Crippen molar-refractivity contribution < 1.29 is 19.0 Å². The van der Waals surface area contributed by atoms with Crippen LogP contribution in [0, 0.1) is 0 Å². The summed E-state index contributed by atoms with van der Waals surface area (Å²) < 4.78 is 15.7. The molecule has 1 atom stereocenters. The van der Waals surface area contributed by atoms with Gasteiger partial charge in [0.2, 0.25) is 0 Å². The first-order chi connectivity index (χ1) is 12.4. The lowest BCUT2D eigenvalue weighted by molar-refractivity contribution is 0.0507. The Balaban J connectivity index is 2.21.